The summed E-state index contributed by atoms with van der Waals surface area (Å²) >= 11 is 0. The Kier molecular flexibility index (Phi) is 4.56. The van der Waals surface area contributed by atoms with Gasteiger partial charge < -0.3 is 4.40 Å². The monoisotopic (exact) mass is 399 g/mol. The van der Waals surface area contributed by atoms with Crippen molar-refractivity contribution in [2.75, 3.05) is 4.72 Å². The van der Waals surface area contributed by atoms with Crippen LogP contribution in [-0.4, -0.2) is 17.8 Å². The number of para-hydroxylation sites is 1. The zero-order valence-corrected chi connectivity index (χ0v) is 15.3. The summed E-state index contributed by atoms with van der Waals surface area (Å²) in [6.07, 6.45) is 3.63. The molecule has 2 aromatic heterocycles. The van der Waals surface area contributed by atoms with Crippen LogP contribution in [0.2, 0.25) is 0 Å². The summed E-state index contributed by atoms with van der Waals surface area (Å²) in [6.45, 7) is 0. The van der Waals surface area contributed by atoms with Crippen molar-refractivity contribution >= 4 is 21.4 Å². The highest BCUT2D eigenvalue weighted by atomic mass is 32.2. The number of halogens is 2. The predicted molar refractivity (Wildman–Crippen MR) is 103 cm³/mol. The van der Waals surface area contributed by atoms with E-state index >= 15 is 0 Å². The molecule has 0 radical (unpaired) electrons. The molecular formula is C20H15F2N3O2S. The lowest BCUT2D eigenvalue weighted by atomic mass is 10.1. The Bertz CT molecular complexity index is 1240. The van der Waals surface area contributed by atoms with Crippen LogP contribution < -0.4 is 4.72 Å². The molecule has 0 unspecified atom stereocenters. The molecule has 0 fully saturated rings. The Labute approximate surface area is 160 Å². The van der Waals surface area contributed by atoms with Gasteiger partial charge in [-0.25, -0.2) is 22.2 Å². The number of hydrogen-bond acceptors (Lipinski definition) is 3. The number of aromatic nitrogens is 2. The van der Waals surface area contributed by atoms with Gasteiger partial charge in [0.1, 0.15) is 17.3 Å². The van der Waals surface area contributed by atoms with Gasteiger partial charge in [-0.3, -0.25) is 4.72 Å². The Balaban J connectivity index is 1.67. The van der Waals surface area contributed by atoms with Crippen LogP contribution in [0.4, 0.5) is 14.5 Å². The molecule has 142 valence electrons. The van der Waals surface area contributed by atoms with Gasteiger partial charge in [0.2, 0.25) is 10.0 Å². The Morgan fingerprint density at radius 1 is 1.00 bits per heavy atom. The van der Waals surface area contributed by atoms with Gasteiger partial charge in [0.15, 0.2) is 0 Å². The number of imidazole rings is 1. The molecule has 5 nitrogen and oxygen atoms in total. The van der Waals surface area contributed by atoms with Gasteiger partial charge >= 0.3 is 0 Å². The third kappa shape index (κ3) is 3.72. The van der Waals surface area contributed by atoms with Crippen molar-refractivity contribution in [3.8, 4) is 11.3 Å². The molecule has 2 heterocycles. The van der Waals surface area contributed by atoms with Crippen LogP contribution in [0.1, 0.15) is 5.56 Å². The van der Waals surface area contributed by atoms with Gasteiger partial charge in [-0.1, -0.05) is 24.3 Å². The van der Waals surface area contributed by atoms with Crippen molar-refractivity contribution in [2.24, 2.45) is 0 Å². The van der Waals surface area contributed by atoms with Gasteiger partial charge in [-0.2, -0.15) is 0 Å². The molecule has 4 rings (SSSR count). The molecule has 28 heavy (non-hydrogen) atoms. The second-order valence-electron chi connectivity index (χ2n) is 6.23. The topological polar surface area (TPSA) is 63.5 Å². The largest absolute Gasteiger partial charge is 0.306 e. The van der Waals surface area contributed by atoms with E-state index in [2.05, 4.69) is 9.71 Å². The fourth-order valence-electron chi connectivity index (χ4n) is 2.92. The van der Waals surface area contributed by atoms with E-state index in [1.807, 2.05) is 28.8 Å². The Morgan fingerprint density at radius 2 is 1.79 bits per heavy atom. The van der Waals surface area contributed by atoms with Crippen LogP contribution >= 0.6 is 0 Å². The Morgan fingerprint density at radius 3 is 2.61 bits per heavy atom. The maximum absolute atomic E-state index is 13.8. The van der Waals surface area contributed by atoms with Crippen molar-refractivity contribution < 1.29 is 17.2 Å². The molecular weight excluding hydrogens is 384 g/mol. The highest BCUT2D eigenvalue weighted by Crippen LogP contribution is 2.28. The summed E-state index contributed by atoms with van der Waals surface area (Å²) in [5.41, 5.74) is 1.95. The highest BCUT2D eigenvalue weighted by molar-refractivity contribution is 7.91. The van der Waals surface area contributed by atoms with Crippen molar-refractivity contribution in [1.82, 2.24) is 9.38 Å². The molecule has 0 amide bonds. The van der Waals surface area contributed by atoms with E-state index in [0.717, 1.165) is 23.8 Å². The summed E-state index contributed by atoms with van der Waals surface area (Å²) < 4.78 is 56.6. The normalized spacial score (nSPS) is 11.6. The van der Waals surface area contributed by atoms with Gasteiger partial charge in [-0.15, -0.1) is 0 Å². The van der Waals surface area contributed by atoms with E-state index in [1.54, 1.807) is 30.5 Å². The SMILES string of the molecule is O=S(=O)(Cc1cc(F)ccc1F)Nc1ccccc1-c1cn2ccccc2n1. The van der Waals surface area contributed by atoms with Crippen LogP contribution in [0.5, 0.6) is 0 Å². The molecule has 0 saturated heterocycles. The minimum Gasteiger partial charge on any atom is -0.306 e. The van der Waals surface area contributed by atoms with Crippen LogP contribution in [0.25, 0.3) is 16.9 Å². The van der Waals surface area contributed by atoms with Crippen molar-refractivity contribution in [3.63, 3.8) is 0 Å². The van der Waals surface area contributed by atoms with E-state index in [0.29, 0.717) is 16.9 Å². The average Bonchev–Trinajstić information content (AvgIpc) is 3.08. The van der Waals surface area contributed by atoms with E-state index in [-0.39, 0.29) is 5.56 Å². The molecule has 0 aliphatic rings. The van der Waals surface area contributed by atoms with E-state index in [9.17, 15) is 17.2 Å². The molecule has 0 aliphatic heterocycles. The molecule has 4 aromatic rings. The first-order chi connectivity index (χ1) is 13.4. The van der Waals surface area contributed by atoms with E-state index < -0.39 is 27.4 Å². The summed E-state index contributed by atoms with van der Waals surface area (Å²) in [4.78, 5) is 4.50. The molecule has 0 spiro atoms. The maximum atomic E-state index is 13.8. The van der Waals surface area contributed by atoms with Crippen LogP contribution in [-0.2, 0) is 15.8 Å². The highest BCUT2D eigenvalue weighted by Gasteiger charge is 2.18. The molecule has 0 atom stereocenters. The van der Waals surface area contributed by atoms with Crippen LogP contribution in [0, 0.1) is 11.6 Å². The van der Waals surface area contributed by atoms with Gasteiger partial charge in [0.05, 0.1) is 17.1 Å². The number of pyridine rings is 1. The molecule has 0 bridgehead atoms. The second-order valence-corrected chi connectivity index (χ2v) is 7.96. The number of nitrogens with zero attached hydrogens (tertiary/aromatic N) is 2. The molecule has 2 aromatic carbocycles. The second kappa shape index (κ2) is 7.05. The van der Waals surface area contributed by atoms with Crippen molar-refractivity contribution in [2.45, 2.75) is 5.75 Å². The number of benzene rings is 2. The average molecular weight is 399 g/mol. The van der Waals surface area contributed by atoms with E-state index in [4.69, 9.17) is 0 Å². The molecule has 1 N–H and O–H groups in total. The van der Waals surface area contributed by atoms with Gasteiger partial charge in [0.25, 0.3) is 0 Å². The van der Waals surface area contributed by atoms with Gasteiger partial charge in [0, 0.05) is 23.5 Å². The number of sulfonamides is 1. The summed E-state index contributed by atoms with van der Waals surface area (Å²) in [6, 6.07) is 15.1. The molecule has 0 saturated carbocycles. The third-order valence-corrected chi connectivity index (χ3v) is 5.41. The zero-order valence-electron chi connectivity index (χ0n) is 14.5. The fraction of sp³-hybridized carbons (Fsp3) is 0.0500. The number of rotatable bonds is 5. The standard InChI is InChI=1S/C20H15F2N3O2S/c21-15-8-9-17(22)14(11-15)13-28(26,27)24-18-6-2-1-5-16(18)19-12-25-10-4-3-7-20(25)23-19/h1-12,24H,13H2. The van der Waals surface area contributed by atoms with Crippen molar-refractivity contribution in [3.05, 3.63) is 90.3 Å². The predicted octanol–water partition coefficient (Wildman–Crippen LogP) is 4.22. The van der Waals surface area contributed by atoms with Crippen LogP contribution in [0.3, 0.4) is 0 Å². The lowest BCUT2D eigenvalue weighted by Crippen LogP contribution is -2.16. The number of nitrogens with one attached hydrogen (secondary N) is 1. The number of fused-ring (bicyclic) bond motifs is 1. The smallest absolute Gasteiger partial charge is 0.237 e. The minimum atomic E-state index is -3.98. The first-order valence-electron chi connectivity index (χ1n) is 8.39. The lowest BCUT2D eigenvalue weighted by molar-refractivity contribution is 0.581. The first kappa shape index (κ1) is 18.1. The number of hydrogen-bond donors (Lipinski definition) is 1. The van der Waals surface area contributed by atoms with Gasteiger partial charge in [-0.05, 0) is 36.4 Å². The maximum Gasteiger partial charge on any atom is 0.237 e. The quantitative estimate of drug-likeness (QED) is 0.547. The molecule has 0 aliphatic carbocycles. The Hall–Kier alpha value is -3.26. The van der Waals surface area contributed by atoms with Crippen molar-refractivity contribution in [1.29, 1.82) is 0 Å². The third-order valence-electron chi connectivity index (χ3n) is 4.19. The fourth-order valence-corrected chi connectivity index (χ4v) is 4.14. The summed E-state index contributed by atoms with van der Waals surface area (Å²) in [5.74, 6) is -2.16. The summed E-state index contributed by atoms with van der Waals surface area (Å²) in [7, 11) is -3.98. The zero-order chi connectivity index (χ0) is 19.7. The molecule has 8 heteroatoms. The minimum absolute atomic E-state index is 0.238. The lowest BCUT2D eigenvalue weighted by Gasteiger charge is -2.12. The van der Waals surface area contributed by atoms with Crippen LogP contribution in [0.15, 0.2) is 73.1 Å². The summed E-state index contributed by atoms with van der Waals surface area (Å²) in [5, 5.41) is 0. The number of anilines is 1. The first-order valence-corrected chi connectivity index (χ1v) is 10.0. The van der Waals surface area contributed by atoms with E-state index in [1.165, 1.54) is 0 Å².